The van der Waals surface area contributed by atoms with E-state index in [4.69, 9.17) is 0 Å². The fourth-order valence-electron chi connectivity index (χ4n) is 3.29. The van der Waals surface area contributed by atoms with Crippen molar-refractivity contribution in [1.29, 1.82) is 0 Å². The molecule has 0 spiro atoms. The van der Waals surface area contributed by atoms with Crippen molar-refractivity contribution >= 4 is 11.6 Å². The monoisotopic (exact) mass is 300 g/mol. The van der Waals surface area contributed by atoms with Gasteiger partial charge < -0.3 is 5.32 Å². The highest BCUT2D eigenvalue weighted by Crippen LogP contribution is 2.22. The van der Waals surface area contributed by atoms with Gasteiger partial charge in [-0.25, -0.2) is 9.50 Å². The van der Waals surface area contributed by atoms with Crippen molar-refractivity contribution in [1.82, 2.24) is 19.9 Å². The molecule has 2 heterocycles. The van der Waals surface area contributed by atoms with E-state index in [9.17, 15) is 4.79 Å². The van der Waals surface area contributed by atoms with Gasteiger partial charge >= 0.3 is 0 Å². The summed E-state index contributed by atoms with van der Waals surface area (Å²) in [4.78, 5) is 16.9. The molecular formula is C17H24N4O. The molecule has 2 aromatic rings. The van der Waals surface area contributed by atoms with Crippen molar-refractivity contribution in [3.63, 3.8) is 0 Å². The summed E-state index contributed by atoms with van der Waals surface area (Å²) in [6.45, 7) is 2.25. The molecule has 2 unspecified atom stereocenters. The summed E-state index contributed by atoms with van der Waals surface area (Å²) in [5, 5.41) is 7.42. The lowest BCUT2D eigenvalue weighted by atomic mass is 9.93. The van der Waals surface area contributed by atoms with E-state index in [-0.39, 0.29) is 11.9 Å². The molecule has 1 saturated carbocycles. The fourth-order valence-corrected chi connectivity index (χ4v) is 3.29. The molecule has 22 heavy (non-hydrogen) atoms. The summed E-state index contributed by atoms with van der Waals surface area (Å²) < 4.78 is 1.64. The van der Waals surface area contributed by atoms with E-state index < -0.39 is 0 Å². The van der Waals surface area contributed by atoms with Crippen LogP contribution in [0.4, 0.5) is 0 Å². The standard InChI is InChI=1S/C17H24N4O/c1-13-8-5-3-2-4-6-9-15(13)20-17(22)14-12-19-21-11-7-10-18-16(14)21/h7,10-13,15H,2-6,8-9H2,1H3,(H,20,22). The molecule has 1 amide bonds. The molecule has 0 aromatic carbocycles. The van der Waals surface area contributed by atoms with Crippen LogP contribution in [0.15, 0.2) is 24.7 Å². The zero-order chi connectivity index (χ0) is 15.4. The van der Waals surface area contributed by atoms with E-state index in [1.807, 2.05) is 12.3 Å². The summed E-state index contributed by atoms with van der Waals surface area (Å²) in [6.07, 6.45) is 13.8. The number of carbonyl (C=O) groups excluding carboxylic acids is 1. The summed E-state index contributed by atoms with van der Waals surface area (Å²) >= 11 is 0. The molecule has 5 heteroatoms. The molecule has 118 valence electrons. The number of nitrogens with zero attached hydrogens (tertiary/aromatic N) is 3. The van der Waals surface area contributed by atoms with Crippen LogP contribution in [0.5, 0.6) is 0 Å². The second-order valence-corrected chi connectivity index (χ2v) is 6.35. The number of amides is 1. The van der Waals surface area contributed by atoms with Gasteiger partial charge in [-0.1, -0.05) is 39.0 Å². The van der Waals surface area contributed by atoms with E-state index in [0.29, 0.717) is 17.1 Å². The van der Waals surface area contributed by atoms with Gasteiger partial charge in [-0.05, 0) is 24.8 Å². The first-order valence-corrected chi connectivity index (χ1v) is 8.35. The van der Waals surface area contributed by atoms with Gasteiger partial charge in [-0.3, -0.25) is 4.79 Å². The van der Waals surface area contributed by atoms with E-state index >= 15 is 0 Å². The Morgan fingerprint density at radius 1 is 1.23 bits per heavy atom. The van der Waals surface area contributed by atoms with Crippen molar-refractivity contribution < 1.29 is 4.79 Å². The number of hydrogen-bond acceptors (Lipinski definition) is 3. The molecule has 1 fully saturated rings. The Kier molecular flexibility index (Phi) is 4.71. The quantitative estimate of drug-likeness (QED) is 0.926. The van der Waals surface area contributed by atoms with Crippen LogP contribution in [0.3, 0.4) is 0 Å². The van der Waals surface area contributed by atoms with Crippen molar-refractivity contribution in [2.24, 2.45) is 5.92 Å². The summed E-state index contributed by atoms with van der Waals surface area (Å²) in [7, 11) is 0. The maximum Gasteiger partial charge on any atom is 0.256 e. The van der Waals surface area contributed by atoms with Gasteiger partial charge in [-0.2, -0.15) is 5.10 Å². The average Bonchev–Trinajstić information content (AvgIpc) is 2.98. The smallest absolute Gasteiger partial charge is 0.256 e. The first-order chi connectivity index (χ1) is 10.8. The molecular weight excluding hydrogens is 276 g/mol. The van der Waals surface area contributed by atoms with Gasteiger partial charge in [0.2, 0.25) is 0 Å². The maximum atomic E-state index is 12.6. The lowest BCUT2D eigenvalue weighted by Gasteiger charge is -2.24. The van der Waals surface area contributed by atoms with Crippen LogP contribution in [-0.4, -0.2) is 26.5 Å². The van der Waals surface area contributed by atoms with Crippen LogP contribution in [-0.2, 0) is 0 Å². The Bertz CT molecular complexity index is 636. The highest BCUT2D eigenvalue weighted by Gasteiger charge is 2.22. The van der Waals surface area contributed by atoms with Crippen LogP contribution in [0.2, 0.25) is 0 Å². The first-order valence-electron chi connectivity index (χ1n) is 8.35. The Labute approximate surface area is 131 Å². The molecule has 0 aliphatic heterocycles. The van der Waals surface area contributed by atoms with E-state index in [2.05, 4.69) is 22.3 Å². The van der Waals surface area contributed by atoms with Gasteiger partial charge in [0.15, 0.2) is 5.65 Å². The van der Waals surface area contributed by atoms with Crippen molar-refractivity contribution in [2.75, 3.05) is 0 Å². The second-order valence-electron chi connectivity index (χ2n) is 6.35. The van der Waals surface area contributed by atoms with Crippen LogP contribution < -0.4 is 5.32 Å². The summed E-state index contributed by atoms with van der Waals surface area (Å²) in [5.74, 6) is 0.474. The predicted molar refractivity (Wildman–Crippen MR) is 85.7 cm³/mol. The minimum Gasteiger partial charge on any atom is -0.349 e. The molecule has 2 atom stereocenters. The summed E-state index contributed by atoms with van der Waals surface area (Å²) in [6, 6.07) is 2.06. The lowest BCUT2D eigenvalue weighted by molar-refractivity contribution is 0.0920. The lowest BCUT2D eigenvalue weighted by Crippen LogP contribution is -2.39. The third kappa shape index (κ3) is 3.29. The third-order valence-electron chi connectivity index (χ3n) is 4.70. The molecule has 5 nitrogen and oxygen atoms in total. The first kappa shape index (κ1) is 15.0. The molecule has 1 aliphatic carbocycles. The minimum absolute atomic E-state index is 0.0511. The normalized spacial score (nSPS) is 23.5. The van der Waals surface area contributed by atoms with Crippen LogP contribution >= 0.6 is 0 Å². The molecule has 1 aliphatic rings. The third-order valence-corrected chi connectivity index (χ3v) is 4.70. The largest absolute Gasteiger partial charge is 0.349 e. The fraction of sp³-hybridized carbons (Fsp3) is 0.588. The molecule has 2 aromatic heterocycles. The van der Waals surface area contributed by atoms with Crippen molar-refractivity contribution in [3.8, 4) is 0 Å². The number of nitrogens with one attached hydrogen (secondary N) is 1. The van der Waals surface area contributed by atoms with Crippen LogP contribution in [0.25, 0.3) is 5.65 Å². The zero-order valence-corrected chi connectivity index (χ0v) is 13.2. The highest BCUT2D eigenvalue weighted by atomic mass is 16.1. The number of rotatable bonds is 2. The second kappa shape index (κ2) is 6.90. The topological polar surface area (TPSA) is 59.3 Å². The van der Waals surface area contributed by atoms with Crippen molar-refractivity contribution in [3.05, 3.63) is 30.2 Å². The maximum absolute atomic E-state index is 12.6. The Hall–Kier alpha value is -1.91. The van der Waals surface area contributed by atoms with Gasteiger partial charge in [0, 0.05) is 18.4 Å². The van der Waals surface area contributed by atoms with Gasteiger partial charge in [0.25, 0.3) is 5.91 Å². The molecule has 0 radical (unpaired) electrons. The van der Waals surface area contributed by atoms with Gasteiger partial charge in [0.1, 0.15) is 5.56 Å². The number of aromatic nitrogens is 3. The Morgan fingerprint density at radius 3 is 2.86 bits per heavy atom. The number of fused-ring (bicyclic) bond motifs is 1. The number of hydrogen-bond donors (Lipinski definition) is 1. The molecule has 3 rings (SSSR count). The molecule has 0 bridgehead atoms. The van der Waals surface area contributed by atoms with Crippen LogP contribution in [0, 0.1) is 5.92 Å². The summed E-state index contributed by atoms with van der Waals surface area (Å²) in [5.41, 5.74) is 1.18. The predicted octanol–water partition coefficient (Wildman–Crippen LogP) is 3.21. The van der Waals surface area contributed by atoms with Gasteiger partial charge in [0.05, 0.1) is 6.20 Å². The van der Waals surface area contributed by atoms with Crippen molar-refractivity contribution in [2.45, 2.75) is 57.9 Å². The average molecular weight is 300 g/mol. The highest BCUT2D eigenvalue weighted by molar-refractivity contribution is 5.99. The van der Waals surface area contributed by atoms with Crippen LogP contribution in [0.1, 0.15) is 62.2 Å². The number of carbonyl (C=O) groups is 1. The van der Waals surface area contributed by atoms with E-state index in [1.165, 1.54) is 38.5 Å². The van der Waals surface area contributed by atoms with Gasteiger partial charge in [-0.15, -0.1) is 0 Å². The Morgan fingerprint density at radius 2 is 2.00 bits per heavy atom. The SMILES string of the molecule is CC1CCCCCCCC1NC(=O)c1cnn2cccnc12. The van der Waals surface area contributed by atoms with E-state index in [1.54, 1.807) is 16.9 Å². The molecule has 0 saturated heterocycles. The van der Waals surface area contributed by atoms with E-state index in [0.717, 1.165) is 6.42 Å². The zero-order valence-electron chi connectivity index (χ0n) is 13.2. The Balaban J connectivity index is 1.74. The molecule has 1 N–H and O–H groups in total. The minimum atomic E-state index is -0.0511.